The average Bonchev–Trinajstić information content (AvgIpc) is 3.10. The number of carbonyl (C=O) groups is 1. The minimum Gasteiger partial charge on any atom is -0.377 e. The lowest BCUT2D eigenvalue weighted by Gasteiger charge is -2.37. The molecule has 5 nitrogen and oxygen atoms in total. The topological polar surface area (TPSA) is 72.2 Å². The Kier molecular flexibility index (Phi) is 3.64. The fraction of sp³-hybridized carbons (Fsp3) is 0.250. The van der Waals surface area contributed by atoms with Crippen LogP contribution in [-0.4, -0.2) is 10.7 Å². The SMILES string of the molecule is CC(=O)c1ccc2c(c1)[C@@H]1C=CC[C@@H]1[C@H](c1ccccc1[N+](=O)[O-])N2. The monoisotopic (exact) mass is 334 g/mol. The molecular weight excluding hydrogens is 316 g/mol. The van der Waals surface area contributed by atoms with Crippen molar-refractivity contribution in [3.63, 3.8) is 0 Å². The predicted molar refractivity (Wildman–Crippen MR) is 95.9 cm³/mol. The highest BCUT2D eigenvalue weighted by Gasteiger charge is 2.40. The van der Waals surface area contributed by atoms with Crippen molar-refractivity contribution in [2.75, 3.05) is 5.32 Å². The number of carbonyl (C=O) groups excluding carboxylic acids is 1. The number of allylic oxidation sites excluding steroid dienone is 2. The molecule has 0 spiro atoms. The van der Waals surface area contributed by atoms with Crippen LogP contribution in [0.2, 0.25) is 0 Å². The lowest BCUT2D eigenvalue weighted by Crippen LogP contribution is -2.29. The van der Waals surface area contributed by atoms with Gasteiger partial charge in [-0.3, -0.25) is 14.9 Å². The Morgan fingerprint density at radius 2 is 2.00 bits per heavy atom. The van der Waals surface area contributed by atoms with Crippen LogP contribution in [0.3, 0.4) is 0 Å². The first-order chi connectivity index (χ1) is 12.1. The number of nitrogens with zero attached hydrogens (tertiary/aromatic N) is 1. The van der Waals surface area contributed by atoms with Crippen LogP contribution in [0.25, 0.3) is 0 Å². The maximum Gasteiger partial charge on any atom is 0.274 e. The third-order valence-electron chi connectivity index (χ3n) is 5.24. The van der Waals surface area contributed by atoms with Crippen molar-refractivity contribution in [1.29, 1.82) is 0 Å². The first-order valence-electron chi connectivity index (χ1n) is 8.37. The molecule has 126 valence electrons. The Balaban J connectivity index is 1.81. The number of hydrogen-bond donors (Lipinski definition) is 1. The summed E-state index contributed by atoms with van der Waals surface area (Å²) in [5, 5.41) is 14.9. The van der Waals surface area contributed by atoms with Gasteiger partial charge in [0.2, 0.25) is 0 Å². The van der Waals surface area contributed by atoms with E-state index in [9.17, 15) is 14.9 Å². The van der Waals surface area contributed by atoms with Gasteiger partial charge in [0.25, 0.3) is 5.69 Å². The Bertz CT molecular complexity index is 904. The van der Waals surface area contributed by atoms with Crippen molar-refractivity contribution < 1.29 is 9.72 Å². The van der Waals surface area contributed by atoms with Gasteiger partial charge in [-0.25, -0.2) is 0 Å². The first kappa shape index (κ1) is 15.6. The van der Waals surface area contributed by atoms with Gasteiger partial charge in [0, 0.05) is 23.2 Å². The predicted octanol–water partition coefficient (Wildman–Crippen LogP) is 4.62. The van der Waals surface area contributed by atoms with Crippen molar-refractivity contribution in [3.05, 3.63) is 81.4 Å². The van der Waals surface area contributed by atoms with Gasteiger partial charge in [0.1, 0.15) is 0 Å². The van der Waals surface area contributed by atoms with Gasteiger partial charge in [0.15, 0.2) is 5.78 Å². The van der Waals surface area contributed by atoms with Gasteiger partial charge in [-0.15, -0.1) is 0 Å². The van der Waals surface area contributed by atoms with Crippen molar-refractivity contribution in [1.82, 2.24) is 0 Å². The highest BCUT2D eigenvalue weighted by Crippen LogP contribution is 2.51. The third kappa shape index (κ3) is 2.52. The normalized spacial score (nSPS) is 23.5. The van der Waals surface area contributed by atoms with E-state index in [0.717, 1.165) is 17.7 Å². The van der Waals surface area contributed by atoms with Crippen molar-refractivity contribution >= 4 is 17.2 Å². The van der Waals surface area contributed by atoms with E-state index in [1.807, 2.05) is 30.3 Å². The Morgan fingerprint density at radius 1 is 1.20 bits per heavy atom. The minimum atomic E-state index is -0.317. The van der Waals surface area contributed by atoms with Crippen LogP contribution in [0.1, 0.15) is 46.8 Å². The van der Waals surface area contributed by atoms with Crippen LogP contribution in [0, 0.1) is 16.0 Å². The zero-order chi connectivity index (χ0) is 17.6. The van der Waals surface area contributed by atoms with Gasteiger partial charge >= 0.3 is 0 Å². The Morgan fingerprint density at radius 3 is 2.76 bits per heavy atom. The summed E-state index contributed by atoms with van der Waals surface area (Å²) in [6.07, 6.45) is 5.16. The molecule has 0 saturated carbocycles. The van der Waals surface area contributed by atoms with Crippen molar-refractivity contribution in [2.45, 2.75) is 25.3 Å². The standard InChI is InChI=1S/C20H18N2O3/c1-12(23)13-9-10-18-17(11-13)14-6-4-7-15(14)20(21-18)16-5-2-3-8-19(16)22(24)25/h2-6,8-11,14-15,20-21H,7H2,1H3/t14-,15+,20-/m1/s1. The molecule has 0 fully saturated rings. The number of fused-ring (bicyclic) bond motifs is 3. The van der Waals surface area contributed by atoms with E-state index in [-0.39, 0.29) is 34.3 Å². The van der Waals surface area contributed by atoms with Crippen LogP contribution in [0.15, 0.2) is 54.6 Å². The van der Waals surface area contributed by atoms with Crippen LogP contribution in [0.4, 0.5) is 11.4 Å². The number of rotatable bonds is 3. The minimum absolute atomic E-state index is 0.0437. The molecule has 0 radical (unpaired) electrons. The zero-order valence-corrected chi connectivity index (χ0v) is 13.8. The molecule has 4 rings (SSSR count). The average molecular weight is 334 g/mol. The van der Waals surface area contributed by atoms with Crippen LogP contribution >= 0.6 is 0 Å². The van der Waals surface area contributed by atoms with E-state index in [0.29, 0.717) is 11.1 Å². The summed E-state index contributed by atoms with van der Waals surface area (Å²) < 4.78 is 0. The second-order valence-corrected chi connectivity index (χ2v) is 6.65. The smallest absolute Gasteiger partial charge is 0.274 e. The van der Waals surface area contributed by atoms with Crippen molar-refractivity contribution in [2.24, 2.45) is 5.92 Å². The molecule has 0 amide bonds. The molecule has 1 aliphatic heterocycles. The second-order valence-electron chi connectivity index (χ2n) is 6.65. The molecule has 25 heavy (non-hydrogen) atoms. The summed E-state index contributed by atoms with van der Waals surface area (Å²) in [7, 11) is 0. The second kappa shape index (κ2) is 5.84. The number of nitrogens with one attached hydrogen (secondary N) is 1. The van der Waals surface area contributed by atoms with Gasteiger partial charge < -0.3 is 5.32 Å². The lowest BCUT2D eigenvalue weighted by molar-refractivity contribution is -0.385. The molecule has 0 unspecified atom stereocenters. The maximum absolute atomic E-state index is 11.7. The maximum atomic E-state index is 11.7. The summed E-state index contributed by atoms with van der Waals surface area (Å²) in [6, 6.07) is 12.5. The summed E-state index contributed by atoms with van der Waals surface area (Å²) in [4.78, 5) is 22.8. The van der Waals surface area contributed by atoms with Crippen LogP contribution in [0.5, 0.6) is 0 Å². The van der Waals surface area contributed by atoms with Crippen LogP contribution in [-0.2, 0) is 0 Å². The molecule has 1 heterocycles. The number of Topliss-reactive ketones (excluding diaryl/α,β-unsaturated/α-hetero) is 1. The molecule has 5 heteroatoms. The number of nitro groups is 1. The Hall–Kier alpha value is -2.95. The number of nitro benzene ring substituents is 1. The largest absolute Gasteiger partial charge is 0.377 e. The molecule has 2 aromatic carbocycles. The molecule has 2 aliphatic rings. The number of hydrogen-bond acceptors (Lipinski definition) is 4. The molecule has 0 saturated heterocycles. The number of para-hydroxylation sites is 1. The van der Waals surface area contributed by atoms with Gasteiger partial charge in [-0.2, -0.15) is 0 Å². The number of anilines is 1. The van der Waals surface area contributed by atoms with Gasteiger partial charge in [0.05, 0.1) is 16.5 Å². The molecule has 1 N–H and O–H groups in total. The van der Waals surface area contributed by atoms with E-state index in [4.69, 9.17) is 0 Å². The van der Waals surface area contributed by atoms with Crippen LogP contribution < -0.4 is 5.32 Å². The number of ketones is 1. The van der Waals surface area contributed by atoms with E-state index >= 15 is 0 Å². The molecule has 3 atom stereocenters. The summed E-state index contributed by atoms with van der Waals surface area (Å²) >= 11 is 0. The van der Waals surface area contributed by atoms with E-state index in [1.165, 1.54) is 0 Å². The fourth-order valence-electron chi connectivity index (χ4n) is 4.04. The summed E-state index contributed by atoms with van der Waals surface area (Å²) in [5.74, 6) is 0.415. The summed E-state index contributed by atoms with van der Waals surface area (Å²) in [5.41, 5.74) is 3.60. The van der Waals surface area contributed by atoms with E-state index in [2.05, 4.69) is 17.5 Å². The molecule has 0 bridgehead atoms. The highest BCUT2D eigenvalue weighted by atomic mass is 16.6. The molecular formula is C20H18N2O3. The van der Waals surface area contributed by atoms with Crippen molar-refractivity contribution in [3.8, 4) is 0 Å². The Labute approximate surface area is 145 Å². The highest BCUT2D eigenvalue weighted by molar-refractivity contribution is 5.95. The van der Waals surface area contributed by atoms with Gasteiger partial charge in [-0.1, -0.05) is 30.4 Å². The van der Waals surface area contributed by atoms with E-state index < -0.39 is 0 Å². The quantitative estimate of drug-likeness (QED) is 0.385. The van der Waals surface area contributed by atoms with Gasteiger partial charge in [-0.05, 0) is 43.0 Å². The number of benzene rings is 2. The fourth-order valence-corrected chi connectivity index (χ4v) is 4.04. The zero-order valence-electron chi connectivity index (χ0n) is 13.8. The lowest BCUT2D eigenvalue weighted by atomic mass is 9.76. The first-order valence-corrected chi connectivity index (χ1v) is 8.37. The molecule has 0 aromatic heterocycles. The third-order valence-corrected chi connectivity index (χ3v) is 5.24. The van der Waals surface area contributed by atoms with E-state index in [1.54, 1.807) is 19.1 Å². The molecule has 1 aliphatic carbocycles. The molecule has 2 aromatic rings. The summed E-state index contributed by atoms with van der Waals surface area (Å²) in [6.45, 7) is 1.57.